The summed E-state index contributed by atoms with van der Waals surface area (Å²) < 4.78 is 43.5. The molecule has 0 spiro atoms. The lowest BCUT2D eigenvalue weighted by Crippen LogP contribution is -2.47. The van der Waals surface area contributed by atoms with Crippen LogP contribution in [0.2, 0.25) is 0 Å². The predicted molar refractivity (Wildman–Crippen MR) is 99.0 cm³/mol. The summed E-state index contributed by atoms with van der Waals surface area (Å²) in [4.78, 5) is 7.90. The van der Waals surface area contributed by atoms with Gasteiger partial charge in [0.05, 0.1) is 6.54 Å². The van der Waals surface area contributed by atoms with Gasteiger partial charge in [-0.15, -0.1) is 24.0 Å². The molecule has 0 aliphatic heterocycles. The van der Waals surface area contributed by atoms with Gasteiger partial charge in [0.25, 0.3) is 0 Å². The Morgan fingerprint density at radius 3 is 2.50 bits per heavy atom. The maximum Gasteiger partial charge on any atom is 0.421 e. The third-order valence-corrected chi connectivity index (χ3v) is 2.51. The number of nitrogens with zero attached hydrogens (tertiary/aromatic N) is 2. The van der Waals surface area contributed by atoms with Gasteiger partial charge < -0.3 is 15.4 Å². The van der Waals surface area contributed by atoms with Crippen LogP contribution in [0.1, 0.15) is 33.3 Å². The standard InChI is InChI=1S/C15H23F3N4O.HI/c1-5-19-13(22-14(2,3)4)21-9-10-23-12-11(15(16,17)18)7-6-8-20-12;/h6-8H,5,9-10H2,1-4H3,(H2,19,21,22);1H. The molecule has 1 aromatic heterocycles. The van der Waals surface area contributed by atoms with Gasteiger partial charge in [0, 0.05) is 18.3 Å². The van der Waals surface area contributed by atoms with E-state index >= 15 is 0 Å². The zero-order chi connectivity index (χ0) is 17.5. The van der Waals surface area contributed by atoms with Crippen LogP contribution >= 0.6 is 24.0 Å². The number of alkyl halides is 3. The summed E-state index contributed by atoms with van der Waals surface area (Å²) in [6.07, 6.45) is -3.23. The molecule has 0 bridgehead atoms. The molecular weight excluding hydrogens is 436 g/mol. The van der Waals surface area contributed by atoms with Crippen LogP contribution in [0.4, 0.5) is 13.2 Å². The highest BCUT2D eigenvalue weighted by Gasteiger charge is 2.34. The van der Waals surface area contributed by atoms with Crippen LogP contribution in [0.15, 0.2) is 23.3 Å². The van der Waals surface area contributed by atoms with Gasteiger partial charge >= 0.3 is 6.18 Å². The molecule has 1 heterocycles. The molecule has 0 saturated carbocycles. The van der Waals surface area contributed by atoms with Crippen molar-refractivity contribution < 1.29 is 17.9 Å². The van der Waals surface area contributed by atoms with Gasteiger partial charge in [-0.3, -0.25) is 0 Å². The third kappa shape index (κ3) is 8.55. The number of nitrogens with one attached hydrogen (secondary N) is 2. The summed E-state index contributed by atoms with van der Waals surface area (Å²) in [6, 6.07) is 2.17. The number of aromatic nitrogens is 1. The van der Waals surface area contributed by atoms with Crippen molar-refractivity contribution in [1.82, 2.24) is 15.6 Å². The van der Waals surface area contributed by atoms with Crippen LogP contribution in [0.3, 0.4) is 0 Å². The summed E-state index contributed by atoms with van der Waals surface area (Å²) in [5, 5.41) is 6.24. The Kier molecular flexibility index (Phi) is 9.38. The summed E-state index contributed by atoms with van der Waals surface area (Å²) in [5.74, 6) is 0.157. The molecule has 0 aromatic carbocycles. The first kappa shape index (κ1) is 22.7. The summed E-state index contributed by atoms with van der Waals surface area (Å²) in [5.41, 5.74) is -1.06. The first-order valence-corrected chi connectivity index (χ1v) is 7.35. The van der Waals surface area contributed by atoms with Crippen molar-refractivity contribution in [2.45, 2.75) is 39.4 Å². The number of rotatable bonds is 5. The first-order chi connectivity index (χ1) is 10.6. The molecule has 24 heavy (non-hydrogen) atoms. The Morgan fingerprint density at radius 1 is 1.29 bits per heavy atom. The Morgan fingerprint density at radius 2 is 1.96 bits per heavy atom. The second-order valence-corrected chi connectivity index (χ2v) is 5.84. The molecule has 0 atom stereocenters. The van der Waals surface area contributed by atoms with Gasteiger partial charge in [0.15, 0.2) is 5.96 Å². The third-order valence-electron chi connectivity index (χ3n) is 2.51. The van der Waals surface area contributed by atoms with E-state index in [-0.39, 0.29) is 42.7 Å². The Labute approximate surface area is 157 Å². The Balaban J connectivity index is 0.00000529. The van der Waals surface area contributed by atoms with E-state index in [2.05, 4.69) is 20.6 Å². The zero-order valence-electron chi connectivity index (χ0n) is 14.2. The highest BCUT2D eigenvalue weighted by molar-refractivity contribution is 14.0. The van der Waals surface area contributed by atoms with Crippen molar-refractivity contribution in [2.75, 3.05) is 19.7 Å². The molecule has 0 saturated heterocycles. The summed E-state index contributed by atoms with van der Waals surface area (Å²) in [6.45, 7) is 8.78. The maximum atomic E-state index is 12.8. The molecule has 138 valence electrons. The lowest BCUT2D eigenvalue weighted by Gasteiger charge is -2.23. The van der Waals surface area contributed by atoms with Crippen LogP contribution in [0.5, 0.6) is 5.88 Å². The van der Waals surface area contributed by atoms with Crippen LogP contribution in [-0.4, -0.2) is 36.2 Å². The molecule has 1 rings (SSSR count). The number of guanidine groups is 1. The minimum absolute atomic E-state index is 0. The minimum atomic E-state index is -4.49. The molecule has 0 radical (unpaired) electrons. The van der Waals surface area contributed by atoms with E-state index < -0.39 is 17.6 Å². The molecule has 0 unspecified atom stereocenters. The number of hydrogen-bond acceptors (Lipinski definition) is 3. The Bertz CT molecular complexity index is 530. The van der Waals surface area contributed by atoms with Crippen LogP contribution in [0.25, 0.3) is 0 Å². The van der Waals surface area contributed by atoms with E-state index in [1.807, 2.05) is 27.7 Å². The minimum Gasteiger partial charge on any atom is -0.475 e. The fraction of sp³-hybridized carbons (Fsp3) is 0.600. The van der Waals surface area contributed by atoms with E-state index in [4.69, 9.17) is 4.74 Å². The molecule has 5 nitrogen and oxygen atoms in total. The number of hydrogen-bond donors (Lipinski definition) is 2. The second-order valence-electron chi connectivity index (χ2n) is 5.84. The van der Waals surface area contributed by atoms with Crippen LogP contribution < -0.4 is 15.4 Å². The fourth-order valence-electron chi connectivity index (χ4n) is 1.68. The predicted octanol–water partition coefficient (Wildman–Crippen LogP) is 3.45. The monoisotopic (exact) mass is 460 g/mol. The number of aliphatic imine (C=N–C) groups is 1. The molecule has 0 aliphatic rings. The fourth-order valence-corrected chi connectivity index (χ4v) is 1.68. The van der Waals surface area contributed by atoms with Crippen molar-refractivity contribution in [1.29, 1.82) is 0 Å². The SMILES string of the molecule is CCNC(=NCCOc1ncccc1C(F)(F)F)NC(C)(C)C.I. The average Bonchev–Trinajstić information content (AvgIpc) is 2.41. The zero-order valence-corrected chi connectivity index (χ0v) is 16.5. The van der Waals surface area contributed by atoms with Crippen molar-refractivity contribution in [3.63, 3.8) is 0 Å². The van der Waals surface area contributed by atoms with Crippen LogP contribution in [0, 0.1) is 0 Å². The quantitative estimate of drug-likeness (QED) is 0.306. The normalized spacial score (nSPS) is 12.4. The highest BCUT2D eigenvalue weighted by Crippen LogP contribution is 2.34. The molecular formula is C15H24F3IN4O. The molecule has 9 heteroatoms. The van der Waals surface area contributed by atoms with Crippen molar-refractivity contribution in [3.8, 4) is 5.88 Å². The molecule has 2 N–H and O–H groups in total. The largest absolute Gasteiger partial charge is 0.475 e. The van der Waals surface area contributed by atoms with Gasteiger partial charge in [-0.1, -0.05) is 0 Å². The van der Waals surface area contributed by atoms with Gasteiger partial charge in [-0.25, -0.2) is 9.98 Å². The van der Waals surface area contributed by atoms with Crippen LogP contribution in [-0.2, 0) is 6.18 Å². The van der Waals surface area contributed by atoms with E-state index in [1.54, 1.807) is 0 Å². The lowest BCUT2D eigenvalue weighted by atomic mass is 10.1. The summed E-state index contributed by atoms with van der Waals surface area (Å²) >= 11 is 0. The van der Waals surface area contributed by atoms with Crippen molar-refractivity contribution in [3.05, 3.63) is 23.9 Å². The first-order valence-electron chi connectivity index (χ1n) is 7.35. The second kappa shape index (κ2) is 9.90. The number of halogens is 4. The molecule has 0 fully saturated rings. The highest BCUT2D eigenvalue weighted by atomic mass is 127. The van der Waals surface area contributed by atoms with Gasteiger partial charge in [0.1, 0.15) is 12.2 Å². The molecule has 1 aromatic rings. The number of pyridine rings is 1. The topological polar surface area (TPSA) is 58.5 Å². The summed E-state index contributed by atoms with van der Waals surface area (Å²) in [7, 11) is 0. The number of ether oxygens (including phenoxy) is 1. The maximum absolute atomic E-state index is 12.8. The van der Waals surface area contributed by atoms with E-state index in [0.717, 1.165) is 6.07 Å². The smallest absolute Gasteiger partial charge is 0.421 e. The van der Waals surface area contributed by atoms with Crippen molar-refractivity contribution in [2.24, 2.45) is 4.99 Å². The van der Waals surface area contributed by atoms with E-state index in [1.165, 1.54) is 12.3 Å². The average molecular weight is 460 g/mol. The van der Waals surface area contributed by atoms with Gasteiger partial charge in [-0.2, -0.15) is 13.2 Å². The van der Waals surface area contributed by atoms with Gasteiger partial charge in [-0.05, 0) is 39.8 Å². The Hall–Kier alpha value is -1.26. The lowest BCUT2D eigenvalue weighted by molar-refractivity contribution is -0.139. The van der Waals surface area contributed by atoms with E-state index in [9.17, 15) is 13.2 Å². The molecule has 0 amide bonds. The van der Waals surface area contributed by atoms with Gasteiger partial charge in [0.2, 0.25) is 5.88 Å². The van der Waals surface area contributed by atoms with Crippen molar-refractivity contribution >= 4 is 29.9 Å². The van der Waals surface area contributed by atoms with E-state index in [0.29, 0.717) is 12.5 Å². The molecule has 0 aliphatic carbocycles.